The van der Waals surface area contributed by atoms with Crippen LogP contribution in [0.25, 0.3) is 10.9 Å². The summed E-state index contributed by atoms with van der Waals surface area (Å²) >= 11 is -2.37. The molecule has 0 spiro atoms. The molecule has 1 saturated heterocycles. The number of hydrogen-bond donors (Lipinski definition) is 12. The molecule has 0 radical (unpaired) electrons. The molecule has 5 rings (SSSR count). The van der Waals surface area contributed by atoms with Crippen LogP contribution in [0.15, 0.2) is 23.2 Å². The lowest BCUT2D eigenvalue weighted by molar-refractivity contribution is -0.147. The maximum absolute atomic E-state index is 15.4. The molecule has 4 heterocycles. The lowest BCUT2D eigenvalue weighted by Crippen LogP contribution is -2.69. The molecule has 26 heteroatoms. The van der Waals surface area contributed by atoms with Crippen LogP contribution >= 0.6 is 0 Å². The molecule has 8 amide bonds. The fourth-order valence-electron chi connectivity index (χ4n) is 9.21. The second-order valence-corrected chi connectivity index (χ2v) is 20.0. The molecule has 1 aromatic heterocycles. The van der Waals surface area contributed by atoms with Gasteiger partial charge in [-0.25, -0.2) is 0 Å². The topological polar surface area (TPSA) is 391 Å². The van der Waals surface area contributed by atoms with Crippen molar-refractivity contribution < 1.29 is 67.8 Å². The number of fused-ring (bicyclic) bond motifs is 5. The fraction of sp³-hybridized carbons (Fsp3) is 0.630. The number of methoxy groups -OCH3 is 1. The van der Waals surface area contributed by atoms with Gasteiger partial charge in [0.1, 0.15) is 29.6 Å². The van der Waals surface area contributed by atoms with E-state index in [9.17, 15) is 58.5 Å². The predicted octanol–water partition coefficient (Wildman–Crippen LogP) is -4.62. The van der Waals surface area contributed by atoms with Crippen LogP contribution in [-0.2, 0) is 67.3 Å². The van der Waals surface area contributed by atoms with E-state index in [1.165, 1.54) is 14.0 Å². The predicted molar refractivity (Wildman–Crippen MR) is 258 cm³/mol. The first-order valence-corrected chi connectivity index (χ1v) is 25.4. The van der Waals surface area contributed by atoms with E-state index >= 15 is 4.55 Å². The molecular formula is C46H69N11O14S. The third-order valence-electron chi connectivity index (χ3n) is 13.5. The van der Waals surface area contributed by atoms with Crippen molar-refractivity contribution in [2.45, 2.75) is 132 Å². The second-order valence-electron chi connectivity index (χ2n) is 18.6. The summed E-state index contributed by atoms with van der Waals surface area (Å²) in [7, 11) is 1.44. The van der Waals surface area contributed by atoms with Crippen LogP contribution in [0, 0.1) is 11.8 Å². The van der Waals surface area contributed by atoms with E-state index in [2.05, 4.69) is 37.2 Å². The number of carbonyl (C=O) groups is 9. The fourth-order valence-corrected chi connectivity index (χ4v) is 10.8. The van der Waals surface area contributed by atoms with Crippen LogP contribution in [0.1, 0.15) is 71.3 Å². The van der Waals surface area contributed by atoms with Crippen molar-refractivity contribution in [1.82, 2.24) is 46.7 Å². The highest BCUT2D eigenvalue weighted by molar-refractivity contribution is 7.91. The molecule has 0 aliphatic carbocycles. The number of ether oxygens (including phenoxy) is 1. The first-order valence-electron chi connectivity index (χ1n) is 24.1. The van der Waals surface area contributed by atoms with E-state index in [4.69, 9.17) is 16.2 Å². The van der Waals surface area contributed by atoms with Gasteiger partial charge in [0.25, 0.3) is 0 Å². The summed E-state index contributed by atoms with van der Waals surface area (Å²) < 4.78 is 22.7. The van der Waals surface area contributed by atoms with Crippen LogP contribution in [0.3, 0.4) is 0 Å². The molecule has 3 aliphatic heterocycles. The number of aliphatic hydroxyl groups is 3. The van der Waals surface area contributed by atoms with Crippen molar-refractivity contribution in [3.63, 3.8) is 0 Å². The molecule has 2 bridgehead atoms. The first-order chi connectivity index (χ1) is 34.2. The number of amides is 8. The van der Waals surface area contributed by atoms with Crippen molar-refractivity contribution in [3.8, 4) is 5.75 Å². The molecule has 398 valence electrons. The smallest absolute Gasteiger partial charge is 0.248 e. The molecule has 2 aromatic rings. The van der Waals surface area contributed by atoms with Gasteiger partial charge in [0.15, 0.2) is 18.0 Å². The van der Waals surface area contributed by atoms with Crippen molar-refractivity contribution >= 4 is 75.6 Å². The van der Waals surface area contributed by atoms with Crippen LogP contribution in [0.5, 0.6) is 5.75 Å². The van der Waals surface area contributed by atoms with Gasteiger partial charge in [-0.15, -0.1) is 0 Å². The molecule has 11 atom stereocenters. The number of hydrogen-bond acceptors (Lipinski definition) is 16. The van der Waals surface area contributed by atoms with E-state index in [1.54, 1.807) is 36.6 Å². The number of rotatable bonds is 15. The zero-order chi connectivity index (χ0) is 53.0. The third-order valence-corrected chi connectivity index (χ3v) is 15.0. The van der Waals surface area contributed by atoms with Crippen LogP contribution in [0.2, 0.25) is 0 Å². The quantitative estimate of drug-likeness (QED) is 0.0454. The number of carbonyl (C=O) groups excluding carboxylic acids is 9. The number of primary amides is 1. The van der Waals surface area contributed by atoms with Gasteiger partial charge in [0, 0.05) is 60.0 Å². The molecule has 2 unspecified atom stereocenters. The SMILES string of the molecule is CC[C@H](C)[C@@H]1NC(=O)CNC(=O)C2Cc3c(n(CCCCCCN)c4cc(OC)ccc34)[S@+]([O-])CC(NC(=O)CNC1=O)C(=O)N[C@@H](CC(N)=O)C(=O)N1C[C@H](O)C[C@]1(C=O)N[C@@H]([C@@H](C)[C@@H](O)CO)C(=O)N2. The third kappa shape index (κ3) is 13.6. The zero-order valence-electron chi connectivity index (χ0n) is 40.9. The van der Waals surface area contributed by atoms with E-state index < -0.39 is 170 Å². The Kier molecular flexibility index (Phi) is 20.3. The minimum atomic E-state index is -2.37. The highest BCUT2D eigenvalue weighted by Crippen LogP contribution is 2.35. The number of unbranched alkanes of at least 4 members (excludes halogenated alkanes) is 3. The van der Waals surface area contributed by atoms with Crippen LogP contribution in [-0.4, -0.2) is 177 Å². The first kappa shape index (κ1) is 57.0. The average molecular weight is 1030 g/mol. The van der Waals surface area contributed by atoms with Crippen LogP contribution in [0.4, 0.5) is 0 Å². The number of aryl methyl sites for hydroxylation is 1. The Hall–Kier alpha value is -5.90. The summed E-state index contributed by atoms with van der Waals surface area (Å²) in [6.07, 6.45) is -1.86. The molecule has 72 heavy (non-hydrogen) atoms. The maximum Gasteiger partial charge on any atom is 0.248 e. The zero-order valence-corrected chi connectivity index (χ0v) is 41.7. The van der Waals surface area contributed by atoms with Gasteiger partial charge in [0.05, 0.1) is 57.0 Å². The van der Waals surface area contributed by atoms with Crippen molar-refractivity contribution in [1.29, 1.82) is 0 Å². The number of aldehydes is 1. The Morgan fingerprint density at radius 2 is 1.62 bits per heavy atom. The van der Waals surface area contributed by atoms with Gasteiger partial charge in [-0.2, -0.15) is 0 Å². The summed E-state index contributed by atoms with van der Waals surface area (Å²) in [6.45, 7) is 2.38. The largest absolute Gasteiger partial charge is 0.610 e. The summed E-state index contributed by atoms with van der Waals surface area (Å²) in [5, 5.41) is 50.6. The number of nitrogens with one attached hydrogen (secondary N) is 7. The number of nitrogens with two attached hydrogens (primary N) is 2. The van der Waals surface area contributed by atoms with Gasteiger partial charge in [-0.1, -0.05) is 40.0 Å². The van der Waals surface area contributed by atoms with Crippen molar-refractivity contribution in [2.24, 2.45) is 23.3 Å². The standard InChI is InChI=1S/C46H69N11O14S/c1-5-24(2)38-42(67)50-18-36(63)51-32-22-72(70)45-29(28-11-10-27(71-4)14-33(28)56(45)13-9-7-6-8-12-47)15-30(40(65)49-19-37(64)54-38)52-43(68)39(25(3)34(61)21-58)55-46(23-59)17-26(60)20-57(46)44(69)31(16-35(48)62)53-41(32)66/h10-11,14,23-26,30-32,34,38-39,55,58,60-61H,5-9,12-13,15-22,47H2,1-4H3,(H2,48,62)(H,49,65)(H,50,67)(H,51,63)(H,52,68)(H,53,66)(H,54,64)/t24-,25-,26+,30?,31-,32?,34-,38-,39-,46-,72+/m0/s1. The molecule has 0 saturated carbocycles. The number of benzene rings is 1. The molecule has 1 aromatic carbocycles. The molecule has 3 aliphatic rings. The minimum absolute atomic E-state index is 0.0436. The highest BCUT2D eigenvalue weighted by atomic mass is 32.2. The van der Waals surface area contributed by atoms with Crippen molar-refractivity contribution in [3.05, 3.63) is 23.8 Å². The summed E-state index contributed by atoms with van der Waals surface area (Å²) in [5.74, 6) is -10.3. The average Bonchev–Trinajstić information content (AvgIpc) is 3.85. The van der Waals surface area contributed by atoms with Gasteiger partial charge < -0.3 is 77.4 Å². The van der Waals surface area contributed by atoms with E-state index in [0.29, 0.717) is 42.5 Å². The lowest BCUT2D eigenvalue weighted by atomic mass is 9.92. The van der Waals surface area contributed by atoms with Crippen LogP contribution < -0.4 is 53.4 Å². The maximum atomic E-state index is 15.4. The molecule has 1 fully saturated rings. The monoisotopic (exact) mass is 1030 g/mol. The number of aliphatic hydroxyl groups excluding tert-OH is 3. The summed E-state index contributed by atoms with van der Waals surface area (Å²) in [6, 6.07) is -3.54. The Morgan fingerprint density at radius 1 is 0.944 bits per heavy atom. The second kappa shape index (κ2) is 25.7. The summed E-state index contributed by atoms with van der Waals surface area (Å²) in [5.41, 5.74) is 9.70. The van der Waals surface area contributed by atoms with E-state index in [0.717, 1.165) is 17.7 Å². The summed E-state index contributed by atoms with van der Waals surface area (Å²) in [4.78, 5) is 127. The minimum Gasteiger partial charge on any atom is -0.610 e. The Bertz CT molecular complexity index is 2340. The number of aromatic nitrogens is 1. The molecule has 25 nitrogen and oxygen atoms in total. The van der Waals surface area contributed by atoms with Gasteiger partial charge in [0.2, 0.25) is 52.3 Å². The number of nitrogens with zero attached hydrogens (tertiary/aromatic N) is 2. The van der Waals surface area contributed by atoms with Gasteiger partial charge >= 0.3 is 0 Å². The molecule has 14 N–H and O–H groups in total. The highest BCUT2D eigenvalue weighted by Gasteiger charge is 2.53. The van der Waals surface area contributed by atoms with Gasteiger partial charge in [-0.3, -0.25) is 48.5 Å². The molecular weight excluding hydrogens is 963 g/mol. The lowest BCUT2D eigenvalue weighted by Gasteiger charge is -2.40. The van der Waals surface area contributed by atoms with E-state index in [-0.39, 0.29) is 23.4 Å². The Balaban J connectivity index is 1.84. The normalized spacial score (nSPS) is 27.5. The van der Waals surface area contributed by atoms with Crippen molar-refractivity contribution in [2.75, 3.05) is 45.6 Å². The van der Waals surface area contributed by atoms with Gasteiger partial charge in [-0.05, 0) is 37.4 Å². The Labute approximate surface area is 419 Å². The van der Waals surface area contributed by atoms with E-state index in [1.807, 2.05) is 0 Å². The Morgan fingerprint density at radius 3 is 2.26 bits per heavy atom.